The average molecular weight is 350 g/mol. The molecular weight excluding hydrogens is 328 g/mol. The van der Waals surface area contributed by atoms with Crippen molar-refractivity contribution in [2.75, 3.05) is 32.2 Å². The topological polar surface area (TPSA) is 60.4 Å². The number of rotatable bonds is 4. The van der Waals surface area contributed by atoms with E-state index in [4.69, 9.17) is 14.5 Å². The molecule has 2 aromatic heterocycles. The van der Waals surface area contributed by atoms with E-state index in [1.165, 1.54) is 5.56 Å². The molecular formula is C20H22N4O2. The van der Waals surface area contributed by atoms with Gasteiger partial charge in [0.2, 0.25) is 0 Å². The molecule has 3 heterocycles. The van der Waals surface area contributed by atoms with Crippen molar-refractivity contribution in [2.45, 2.75) is 19.3 Å². The first-order valence-corrected chi connectivity index (χ1v) is 8.76. The fraction of sp³-hybridized carbons (Fsp3) is 0.350. The van der Waals surface area contributed by atoms with Crippen LogP contribution in [0.1, 0.15) is 23.7 Å². The Morgan fingerprint density at radius 3 is 2.77 bits per heavy atom. The summed E-state index contributed by atoms with van der Waals surface area (Å²) >= 11 is 0. The van der Waals surface area contributed by atoms with Gasteiger partial charge in [-0.3, -0.25) is 0 Å². The van der Waals surface area contributed by atoms with Gasteiger partial charge >= 0.3 is 0 Å². The summed E-state index contributed by atoms with van der Waals surface area (Å²) in [7, 11) is 3.37. The van der Waals surface area contributed by atoms with E-state index in [0.29, 0.717) is 5.92 Å². The molecule has 0 saturated carbocycles. The zero-order valence-electron chi connectivity index (χ0n) is 15.3. The van der Waals surface area contributed by atoms with E-state index in [-0.39, 0.29) is 0 Å². The molecule has 1 fully saturated rings. The summed E-state index contributed by atoms with van der Waals surface area (Å²) in [6.07, 6.45) is 2.81. The van der Waals surface area contributed by atoms with Crippen LogP contribution in [-0.4, -0.2) is 42.3 Å². The number of hydrogen-bond donors (Lipinski definition) is 0. The first-order chi connectivity index (χ1) is 12.7. The number of pyridine rings is 1. The normalized spacial score (nSPS) is 16.9. The molecule has 4 rings (SSSR count). The highest BCUT2D eigenvalue weighted by Crippen LogP contribution is 2.40. The van der Waals surface area contributed by atoms with Crippen LogP contribution >= 0.6 is 0 Å². The van der Waals surface area contributed by atoms with Crippen molar-refractivity contribution in [3.05, 3.63) is 47.9 Å². The maximum atomic E-state index is 5.63. The van der Waals surface area contributed by atoms with Crippen LogP contribution in [-0.2, 0) is 0 Å². The molecule has 1 aromatic carbocycles. The van der Waals surface area contributed by atoms with Gasteiger partial charge in [-0.25, -0.2) is 15.0 Å². The highest BCUT2D eigenvalue weighted by atomic mass is 16.5. The lowest BCUT2D eigenvalue weighted by Gasteiger charge is -2.21. The van der Waals surface area contributed by atoms with Crippen LogP contribution in [0.25, 0.3) is 11.0 Å². The standard InChI is InChI=1S/C20H22N4O2/c1-13-22-19-16(7-5-10-21-19)20(23-13)24-11-9-14(12-24)15-6-4-8-17(25-2)18(15)26-3/h4-8,10,14H,9,11-12H2,1-3H3/t14-/m1/s1. The lowest BCUT2D eigenvalue weighted by molar-refractivity contribution is 0.350. The predicted molar refractivity (Wildman–Crippen MR) is 101 cm³/mol. The molecule has 0 unspecified atom stereocenters. The zero-order chi connectivity index (χ0) is 18.1. The first kappa shape index (κ1) is 16.6. The molecule has 1 aliphatic rings. The summed E-state index contributed by atoms with van der Waals surface area (Å²) in [6.45, 7) is 3.73. The van der Waals surface area contributed by atoms with Crippen molar-refractivity contribution in [1.29, 1.82) is 0 Å². The number of methoxy groups -OCH3 is 2. The van der Waals surface area contributed by atoms with E-state index in [0.717, 1.165) is 53.7 Å². The maximum Gasteiger partial charge on any atom is 0.164 e. The van der Waals surface area contributed by atoms with Crippen molar-refractivity contribution in [3.63, 3.8) is 0 Å². The fourth-order valence-corrected chi connectivity index (χ4v) is 3.73. The SMILES string of the molecule is COc1cccc([C@@H]2CCN(c3nc(C)nc4ncccc34)C2)c1OC. The van der Waals surface area contributed by atoms with Gasteiger partial charge in [0.1, 0.15) is 11.6 Å². The van der Waals surface area contributed by atoms with E-state index in [2.05, 4.69) is 20.9 Å². The predicted octanol–water partition coefficient (Wildman–Crippen LogP) is 3.34. The molecule has 1 saturated heterocycles. The fourth-order valence-electron chi connectivity index (χ4n) is 3.73. The van der Waals surface area contributed by atoms with Crippen LogP contribution in [0.15, 0.2) is 36.5 Å². The third kappa shape index (κ3) is 2.81. The van der Waals surface area contributed by atoms with Gasteiger partial charge in [-0.05, 0) is 31.5 Å². The van der Waals surface area contributed by atoms with E-state index >= 15 is 0 Å². The van der Waals surface area contributed by atoms with Gasteiger partial charge in [0.15, 0.2) is 17.1 Å². The summed E-state index contributed by atoms with van der Waals surface area (Å²) in [5, 5.41) is 0.997. The van der Waals surface area contributed by atoms with E-state index in [9.17, 15) is 0 Å². The molecule has 1 aliphatic heterocycles. The molecule has 6 heteroatoms. The molecule has 1 atom stereocenters. The molecule has 134 valence electrons. The van der Waals surface area contributed by atoms with Crippen LogP contribution in [0, 0.1) is 6.92 Å². The van der Waals surface area contributed by atoms with Crippen LogP contribution in [0.3, 0.4) is 0 Å². The molecule has 0 radical (unpaired) electrons. The van der Waals surface area contributed by atoms with Gasteiger partial charge in [-0.1, -0.05) is 12.1 Å². The van der Waals surface area contributed by atoms with Crippen molar-refractivity contribution in [2.24, 2.45) is 0 Å². The Morgan fingerprint density at radius 2 is 1.96 bits per heavy atom. The van der Waals surface area contributed by atoms with Crippen molar-refractivity contribution in [1.82, 2.24) is 15.0 Å². The van der Waals surface area contributed by atoms with Gasteiger partial charge in [-0.2, -0.15) is 0 Å². The highest BCUT2D eigenvalue weighted by molar-refractivity contribution is 5.87. The van der Waals surface area contributed by atoms with Gasteiger partial charge in [0, 0.05) is 30.8 Å². The molecule has 0 bridgehead atoms. The molecule has 3 aromatic rings. The monoisotopic (exact) mass is 350 g/mol. The molecule has 26 heavy (non-hydrogen) atoms. The zero-order valence-corrected chi connectivity index (χ0v) is 15.3. The lowest BCUT2D eigenvalue weighted by Crippen LogP contribution is -2.21. The minimum atomic E-state index is 0.363. The Hall–Kier alpha value is -2.89. The minimum absolute atomic E-state index is 0.363. The van der Waals surface area contributed by atoms with Crippen LogP contribution < -0.4 is 14.4 Å². The van der Waals surface area contributed by atoms with Crippen molar-refractivity contribution >= 4 is 16.9 Å². The average Bonchev–Trinajstić information content (AvgIpc) is 3.16. The Kier molecular flexibility index (Phi) is 4.32. The number of aryl methyl sites for hydroxylation is 1. The van der Waals surface area contributed by atoms with Crippen molar-refractivity contribution < 1.29 is 9.47 Å². The summed E-state index contributed by atoms with van der Waals surface area (Å²) in [5.74, 6) is 3.67. The van der Waals surface area contributed by atoms with Gasteiger partial charge in [0.05, 0.1) is 19.6 Å². The third-order valence-corrected chi connectivity index (χ3v) is 4.92. The molecule has 0 N–H and O–H groups in total. The van der Waals surface area contributed by atoms with Crippen LogP contribution in [0.2, 0.25) is 0 Å². The second-order valence-corrected chi connectivity index (χ2v) is 6.48. The number of aromatic nitrogens is 3. The maximum absolute atomic E-state index is 5.63. The second kappa shape index (κ2) is 6.78. The summed E-state index contributed by atoms with van der Waals surface area (Å²) < 4.78 is 11.1. The number of anilines is 1. The largest absolute Gasteiger partial charge is 0.493 e. The Bertz CT molecular complexity index is 944. The smallest absolute Gasteiger partial charge is 0.164 e. The highest BCUT2D eigenvalue weighted by Gasteiger charge is 2.29. The molecule has 0 amide bonds. The van der Waals surface area contributed by atoms with Crippen molar-refractivity contribution in [3.8, 4) is 11.5 Å². The Morgan fingerprint density at radius 1 is 1.08 bits per heavy atom. The number of fused-ring (bicyclic) bond motifs is 1. The van der Waals surface area contributed by atoms with Crippen LogP contribution in [0.4, 0.5) is 5.82 Å². The lowest BCUT2D eigenvalue weighted by atomic mass is 9.97. The summed E-state index contributed by atoms with van der Waals surface area (Å²) in [4.78, 5) is 15.9. The number of para-hydroxylation sites is 1. The third-order valence-electron chi connectivity index (χ3n) is 4.92. The Balaban J connectivity index is 1.68. The number of nitrogens with zero attached hydrogens (tertiary/aromatic N) is 4. The first-order valence-electron chi connectivity index (χ1n) is 8.76. The molecule has 0 aliphatic carbocycles. The number of ether oxygens (including phenoxy) is 2. The molecule has 0 spiro atoms. The van der Waals surface area contributed by atoms with E-state index in [1.807, 2.05) is 31.2 Å². The van der Waals surface area contributed by atoms with E-state index < -0.39 is 0 Å². The second-order valence-electron chi connectivity index (χ2n) is 6.48. The number of hydrogen-bond acceptors (Lipinski definition) is 6. The quantitative estimate of drug-likeness (QED) is 0.719. The molecule has 6 nitrogen and oxygen atoms in total. The number of benzene rings is 1. The summed E-state index contributed by atoms with van der Waals surface area (Å²) in [5.41, 5.74) is 1.93. The Labute approximate surface area is 152 Å². The van der Waals surface area contributed by atoms with Gasteiger partial charge in [0.25, 0.3) is 0 Å². The van der Waals surface area contributed by atoms with Crippen LogP contribution in [0.5, 0.6) is 11.5 Å². The van der Waals surface area contributed by atoms with E-state index in [1.54, 1.807) is 20.4 Å². The minimum Gasteiger partial charge on any atom is -0.493 e. The van der Waals surface area contributed by atoms with Gasteiger partial charge < -0.3 is 14.4 Å². The summed E-state index contributed by atoms with van der Waals surface area (Å²) in [6, 6.07) is 10.1. The van der Waals surface area contributed by atoms with Gasteiger partial charge in [-0.15, -0.1) is 0 Å².